The number of allylic oxidation sites excluding steroid dienone is 2. The number of methoxy groups -OCH3 is 1. The van der Waals surface area contributed by atoms with Gasteiger partial charge in [-0.2, -0.15) is 0 Å². The van der Waals surface area contributed by atoms with Gasteiger partial charge in [0.2, 0.25) is 0 Å². The summed E-state index contributed by atoms with van der Waals surface area (Å²) in [7, 11) is 5.55. The summed E-state index contributed by atoms with van der Waals surface area (Å²) < 4.78 is 5.53. The van der Waals surface area contributed by atoms with Gasteiger partial charge in [0, 0.05) is 37.0 Å². The molecule has 2 rings (SSSR count). The summed E-state index contributed by atoms with van der Waals surface area (Å²) in [5.74, 6) is 1.06. The fraction of sp³-hybridized carbons (Fsp3) is 0.273. The molecule has 0 amide bonds. The molecule has 0 aliphatic heterocycles. The second-order valence-corrected chi connectivity index (χ2v) is 6.68. The van der Waals surface area contributed by atoms with Gasteiger partial charge in [0.15, 0.2) is 0 Å². The fourth-order valence-electron chi connectivity index (χ4n) is 2.73. The standard InChI is InChI=1S/C22H27NO3/c1-15(2)6-11-19-20(13-18(25)14-22(19)26-5)21(23(3)4)12-16-7-9-17(24)10-8-16/h6-10,12-14,24-25H,11H2,1-5H3. The minimum absolute atomic E-state index is 0.163. The van der Waals surface area contributed by atoms with E-state index in [0.717, 1.165) is 22.4 Å². The molecule has 2 N–H and O–H groups in total. The Hall–Kier alpha value is -2.88. The van der Waals surface area contributed by atoms with Gasteiger partial charge >= 0.3 is 0 Å². The lowest BCUT2D eigenvalue weighted by Crippen LogP contribution is -2.12. The number of phenols is 2. The van der Waals surface area contributed by atoms with Crippen molar-refractivity contribution in [3.05, 3.63) is 64.7 Å². The highest BCUT2D eigenvalue weighted by molar-refractivity contribution is 5.83. The Morgan fingerprint density at radius 2 is 1.69 bits per heavy atom. The van der Waals surface area contributed by atoms with E-state index in [-0.39, 0.29) is 11.5 Å². The van der Waals surface area contributed by atoms with E-state index in [2.05, 4.69) is 19.9 Å². The van der Waals surface area contributed by atoms with Gasteiger partial charge < -0.3 is 19.8 Å². The molecule has 0 unspecified atom stereocenters. The van der Waals surface area contributed by atoms with Crippen LogP contribution in [0.4, 0.5) is 0 Å². The molecule has 0 saturated carbocycles. The molecule has 0 fully saturated rings. The number of ether oxygens (including phenoxy) is 1. The first kappa shape index (κ1) is 19.4. The van der Waals surface area contributed by atoms with Gasteiger partial charge in [-0.3, -0.25) is 0 Å². The van der Waals surface area contributed by atoms with Crippen LogP contribution in [0.15, 0.2) is 48.0 Å². The molecule has 0 heterocycles. The molecule has 0 aliphatic rings. The van der Waals surface area contributed by atoms with E-state index in [1.807, 2.05) is 37.2 Å². The van der Waals surface area contributed by atoms with Crippen LogP contribution in [0.3, 0.4) is 0 Å². The second-order valence-electron chi connectivity index (χ2n) is 6.68. The molecule has 0 spiro atoms. The molecule has 0 saturated heterocycles. The van der Waals surface area contributed by atoms with Crippen molar-refractivity contribution in [1.82, 2.24) is 4.90 Å². The minimum atomic E-state index is 0.163. The van der Waals surface area contributed by atoms with Crippen molar-refractivity contribution in [2.45, 2.75) is 20.3 Å². The van der Waals surface area contributed by atoms with E-state index in [0.29, 0.717) is 12.2 Å². The largest absolute Gasteiger partial charge is 0.508 e. The first-order chi connectivity index (χ1) is 12.3. The van der Waals surface area contributed by atoms with E-state index < -0.39 is 0 Å². The Labute approximate surface area is 155 Å². The number of rotatable bonds is 6. The molecule has 0 aliphatic carbocycles. The highest BCUT2D eigenvalue weighted by Gasteiger charge is 2.16. The summed E-state index contributed by atoms with van der Waals surface area (Å²) in [6.45, 7) is 4.12. The number of nitrogens with zero attached hydrogens (tertiary/aromatic N) is 1. The quantitative estimate of drug-likeness (QED) is 0.585. The van der Waals surface area contributed by atoms with Gasteiger partial charge in [-0.1, -0.05) is 23.8 Å². The van der Waals surface area contributed by atoms with Crippen molar-refractivity contribution in [2.75, 3.05) is 21.2 Å². The lowest BCUT2D eigenvalue weighted by Gasteiger charge is -2.22. The lowest BCUT2D eigenvalue weighted by atomic mass is 9.97. The molecule has 4 nitrogen and oxygen atoms in total. The van der Waals surface area contributed by atoms with Crippen LogP contribution in [-0.2, 0) is 6.42 Å². The summed E-state index contributed by atoms with van der Waals surface area (Å²) in [4.78, 5) is 2.01. The Balaban J connectivity index is 2.65. The zero-order valence-electron chi connectivity index (χ0n) is 16.1. The molecule has 0 radical (unpaired) electrons. The van der Waals surface area contributed by atoms with Gasteiger partial charge in [-0.15, -0.1) is 0 Å². The summed E-state index contributed by atoms with van der Waals surface area (Å²) in [6, 6.07) is 10.4. The third-order valence-corrected chi connectivity index (χ3v) is 4.08. The van der Waals surface area contributed by atoms with Crippen LogP contribution in [0.25, 0.3) is 11.8 Å². The maximum atomic E-state index is 10.2. The van der Waals surface area contributed by atoms with Crippen molar-refractivity contribution in [2.24, 2.45) is 0 Å². The maximum Gasteiger partial charge on any atom is 0.126 e. The van der Waals surface area contributed by atoms with Gasteiger partial charge in [-0.05, 0) is 50.1 Å². The Morgan fingerprint density at radius 3 is 2.23 bits per heavy atom. The number of aromatic hydroxyl groups is 2. The normalized spacial score (nSPS) is 11.2. The molecule has 4 heteroatoms. The van der Waals surface area contributed by atoms with E-state index in [1.165, 1.54) is 5.57 Å². The number of benzene rings is 2. The molecule has 26 heavy (non-hydrogen) atoms. The Bertz CT molecular complexity index is 814. The molecule has 2 aromatic carbocycles. The number of hydrogen-bond donors (Lipinski definition) is 2. The van der Waals surface area contributed by atoms with Crippen molar-refractivity contribution in [3.8, 4) is 17.2 Å². The fourth-order valence-corrected chi connectivity index (χ4v) is 2.73. The SMILES string of the molecule is COc1cc(O)cc(C(=Cc2ccc(O)cc2)N(C)C)c1CC=C(C)C. The minimum Gasteiger partial charge on any atom is -0.508 e. The number of hydrogen-bond acceptors (Lipinski definition) is 4. The summed E-state index contributed by atoms with van der Waals surface area (Å²) in [6.07, 6.45) is 4.88. The maximum absolute atomic E-state index is 10.2. The first-order valence-corrected chi connectivity index (χ1v) is 8.53. The van der Waals surface area contributed by atoms with Crippen LogP contribution >= 0.6 is 0 Å². The van der Waals surface area contributed by atoms with E-state index >= 15 is 0 Å². The molecular weight excluding hydrogens is 326 g/mol. The summed E-state index contributed by atoms with van der Waals surface area (Å²) in [5, 5.41) is 19.7. The van der Waals surface area contributed by atoms with Crippen LogP contribution in [0.5, 0.6) is 17.2 Å². The molecule has 0 atom stereocenters. The van der Waals surface area contributed by atoms with Crippen molar-refractivity contribution in [3.63, 3.8) is 0 Å². The van der Waals surface area contributed by atoms with Crippen LogP contribution in [0, 0.1) is 0 Å². The van der Waals surface area contributed by atoms with Crippen molar-refractivity contribution in [1.29, 1.82) is 0 Å². The smallest absolute Gasteiger partial charge is 0.126 e. The first-order valence-electron chi connectivity index (χ1n) is 8.53. The summed E-state index contributed by atoms with van der Waals surface area (Å²) in [5.41, 5.74) is 5.06. The van der Waals surface area contributed by atoms with Crippen molar-refractivity contribution >= 4 is 11.8 Å². The average molecular weight is 353 g/mol. The molecule has 0 aromatic heterocycles. The molecule has 2 aromatic rings. The van der Waals surface area contributed by atoms with Crippen LogP contribution in [-0.4, -0.2) is 36.3 Å². The van der Waals surface area contributed by atoms with Gasteiger partial charge in [0.25, 0.3) is 0 Å². The van der Waals surface area contributed by atoms with E-state index in [4.69, 9.17) is 4.74 Å². The predicted molar refractivity (Wildman–Crippen MR) is 107 cm³/mol. The highest BCUT2D eigenvalue weighted by atomic mass is 16.5. The zero-order chi connectivity index (χ0) is 19.3. The van der Waals surface area contributed by atoms with Crippen LogP contribution in [0.2, 0.25) is 0 Å². The Morgan fingerprint density at radius 1 is 1.04 bits per heavy atom. The summed E-state index contributed by atoms with van der Waals surface area (Å²) >= 11 is 0. The molecule has 138 valence electrons. The molecular formula is C22H27NO3. The third-order valence-electron chi connectivity index (χ3n) is 4.08. The van der Waals surface area contributed by atoms with E-state index in [9.17, 15) is 10.2 Å². The zero-order valence-corrected chi connectivity index (χ0v) is 16.1. The second kappa shape index (κ2) is 8.48. The van der Waals surface area contributed by atoms with Gasteiger partial charge in [-0.25, -0.2) is 0 Å². The number of phenolic OH excluding ortho intramolecular Hbond substituents is 2. The predicted octanol–water partition coefficient (Wildman–Crippen LogP) is 4.67. The average Bonchev–Trinajstić information content (AvgIpc) is 2.59. The molecule has 0 bridgehead atoms. The van der Waals surface area contributed by atoms with Gasteiger partial charge in [0.05, 0.1) is 7.11 Å². The monoisotopic (exact) mass is 353 g/mol. The Kier molecular flexibility index (Phi) is 6.34. The van der Waals surface area contributed by atoms with Crippen LogP contribution < -0.4 is 4.74 Å². The van der Waals surface area contributed by atoms with Crippen molar-refractivity contribution < 1.29 is 14.9 Å². The van der Waals surface area contributed by atoms with Crippen LogP contribution in [0.1, 0.15) is 30.5 Å². The highest BCUT2D eigenvalue weighted by Crippen LogP contribution is 2.35. The third kappa shape index (κ3) is 4.82. The van der Waals surface area contributed by atoms with Gasteiger partial charge in [0.1, 0.15) is 17.2 Å². The van der Waals surface area contributed by atoms with E-state index in [1.54, 1.807) is 31.4 Å². The lowest BCUT2D eigenvalue weighted by molar-refractivity contribution is 0.403. The topological polar surface area (TPSA) is 52.9 Å².